The van der Waals surface area contributed by atoms with E-state index in [1.54, 1.807) is 54.7 Å². The largest absolute Gasteiger partial charge is 0.497 e. The van der Waals surface area contributed by atoms with Crippen LogP contribution in [0.5, 0.6) is 5.75 Å². The van der Waals surface area contributed by atoms with Crippen LogP contribution in [0.2, 0.25) is 0 Å². The van der Waals surface area contributed by atoms with Crippen LogP contribution in [-0.4, -0.2) is 17.9 Å². The van der Waals surface area contributed by atoms with Crippen LogP contribution in [0.25, 0.3) is 11.0 Å². The average Bonchev–Trinajstić information content (AvgIpc) is 3.36. The predicted octanol–water partition coefficient (Wildman–Crippen LogP) is 4.14. The first kappa shape index (κ1) is 17.3. The van der Waals surface area contributed by atoms with E-state index in [4.69, 9.17) is 13.6 Å². The molecule has 0 fully saturated rings. The van der Waals surface area contributed by atoms with Gasteiger partial charge in [-0.25, -0.2) is 0 Å². The number of para-hydroxylation sites is 1. The molecular weight excluding hydrogens is 370 g/mol. The maximum Gasteiger partial charge on any atom is 0.291 e. The first-order chi connectivity index (χ1) is 14.2. The molecule has 6 nitrogen and oxygen atoms in total. The highest BCUT2D eigenvalue weighted by Crippen LogP contribution is 2.39. The smallest absolute Gasteiger partial charge is 0.291 e. The Bertz CT molecular complexity index is 1270. The summed E-state index contributed by atoms with van der Waals surface area (Å²) in [6, 6.07) is 17.3. The maximum atomic E-state index is 13.4. The summed E-state index contributed by atoms with van der Waals surface area (Å²) < 4.78 is 16.7. The molecule has 0 aliphatic carbocycles. The van der Waals surface area contributed by atoms with Gasteiger partial charge in [0.15, 0.2) is 5.43 Å². The minimum Gasteiger partial charge on any atom is -0.497 e. The molecule has 0 N–H and O–H groups in total. The molecule has 0 saturated carbocycles. The van der Waals surface area contributed by atoms with Crippen LogP contribution in [-0.2, 0) is 6.54 Å². The van der Waals surface area contributed by atoms with E-state index in [1.165, 1.54) is 0 Å². The first-order valence-corrected chi connectivity index (χ1v) is 9.20. The van der Waals surface area contributed by atoms with Gasteiger partial charge in [-0.3, -0.25) is 9.59 Å². The molecular formula is C23H17NO5. The third kappa shape index (κ3) is 2.72. The fourth-order valence-electron chi connectivity index (χ4n) is 3.86. The number of amides is 1. The molecule has 1 aliphatic rings. The molecule has 0 saturated heterocycles. The lowest BCUT2D eigenvalue weighted by molar-refractivity contribution is 0.0701. The van der Waals surface area contributed by atoms with Crippen molar-refractivity contribution >= 4 is 16.9 Å². The lowest BCUT2D eigenvalue weighted by Gasteiger charge is -2.24. The number of carbonyl (C=O) groups is 1. The van der Waals surface area contributed by atoms with Gasteiger partial charge in [-0.2, -0.15) is 0 Å². The number of furan rings is 1. The fraction of sp³-hybridized carbons (Fsp3) is 0.130. The molecule has 144 valence electrons. The summed E-state index contributed by atoms with van der Waals surface area (Å²) in [4.78, 5) is 28.2. The monoisotopic (exact) mass is 387 g/mol. The van der Waals surface area contributed by atoms with Gasteiger partial charge in [-0.15, -0.1) is 0 Å². The number of carbonyl (C=O) groups excluding carboxylic acids is 1. The van der Waals surface area contributed by atoms with Crippen molar-refractivity contribution in [1.29, 1.82) is 0 Å². The Morgan fingerprint density at radius 2 is 1.90 bits per heavy atom. The molecule has 2 aromatic carbocycles. The van der Waals surface area contributed by atoms with E-state index in [2.05, 4.69) is 0 Å². The van der Waals surface area contributed by atoms with Crippen molar-refractivity contribution in [2.45, 2.75) is 12.6 Å². The molecule has 2 aromatic heterocycles. The number of hydrogen-bond acceptors (Lipinski definition) is 5. The van der Waals surface area contributed by atoms with E-state index >= 15 is 0 Å². The van der Waals surface area contributed by atoms with Crippen LogP contribution >= 0.6 is 0 Å². The lowest BCUT2D eigenvalue weighted by atomic mass is 9.98. The Hall–Kier alpha value is -3.80. The quantitative estimate of drug-likeness (QED) is 0.526. The maximum absolute atomic E-state index is 13.4. The fourth-order valence-corrected chi connectivity index (χ4v) is 3.86. The second-order valence-electron chi connectivity index (χ2n) is 6.86. The predicted molar refractivity (Wildman–Crippen MR) is 106 cm³/mol. The molecule has 29 heavy (non-hydrogen) atoms. The molecule has 4 aromatic rings. The van der Waals surface area contributed by atoms with Gasteiger partial charge in [0.1, 0.15) is 17.1 Å². The summed E-state index contributed by atoms with van der Waals surface area (Å²) in [6.07, 6.45) is 1.56. The number of methoxy groups -OCH3 is 1. The van der Waals surface area contributed by atoms with Crippen LogP contribution < -0.4 is 10.2 Å². The summed E-state index contributed by atoms with van der Waals surface area (Å²) in [5.41, 5.74) is 1.30. The van der Waals surface area contributed by atoms with Crippen molar-refractivity contribution in [3.05, 3.63) is 99.8 Å². The highest BCUT2D eigenvalue weighted by Gasteiger charge is 2.43. The minimum absolute atomic E-state index is 0.0769. The van der Waals surface area contributed by atoms with Crippen molar-refractivity contribution in [1.82, 2.24) is 4.90 Å². The third-order valence-electron chi connectivity index (χ3n) is 5.19. The summed E-state index contributed by atoms with van der Waals surface area (Å²) >= 11 is 0. The number of hydrogen-bond donors (Lipinski definition) is 0. The van der Waals surface area contributed by atoms with Crippen LogP contribution in [0.15, 0.2) is 80.6 Å². The number of fused-ring (bicyclic) bond motifs is 2. The highest BCUT2D eigenvalue weighted by atomic mass is 16.5. The molecule has 1 atom stereocenters. The summed E-state index contributed by atoms with van der Waals surface area (Å²) in [5.74, 6) is 1.00. The molecule has 0 bridgehead atoms. The normalized spacial score (nSPS) is 15.7. The Morgan fingerprint density at radius 3 is 2.69 bits per heavy atom. The van der Waals surface area contributed by atoms with E-state index in [0.29, 0.717) is 28.0 Å². The highest BCUT2D eigenvalue weighted by molar-refractivity contribution is 5.99. The molecule has 0 unspecified atom stereocenters. The van der Waals surface area contributed by atoms with Crippen LogP contribution in [0.4, 0.5) is 0 Å². The number of rotatable bonds is 4. The summed E-state index contributed by atoms with van der Waals surface area (Å²) in [7, 11) is 1.58. The summed E-state index contributed by atoms with van der Waals surface area (Å²) in [5, 5.41) is 0.451. The van der Waals surface area contributed by atoms with Gasteiger partial charge < -0.3 is 18.5 Å². The Kier molecular flexibility index (Phi) is 3.98. The zero-order valence-corrected chi connectivity index (χ0v) is 15.6. The molecule has 0 spiro atoms. The van der Waals surface area contributed by atoms with Crippen LogP contribution in [0.3, 0.4) is 0 Å². The van der Waals surface area contributed by atoms with E-state index in [9.17, 15) is 9.59 Å². The van der Waals surface area contributed by atoms with Crippen molar-refractivity contribution in [2.24, 2.45) is 0 Å². The molecule has 0 radical (unpaired) electrons. The molecule has 1 amide bonds. The number of ether oxygens (including phenoxy) is 1. The molecule has 3 heterocycles. The van der Waals surface area contributed by atoms with Crippen LogP contribution in [0, 0.1) is 0 Å². The standard InChI is InChI=1S/C23H17NO5/c1-27-15-7-4-6-14(12-15)20-19-21(25)17-9-2-3-10-18(17)29-22(19)23(26)24(20)13-16-8-5-11-28-16/h2-12,20H,13H2,1H3/t20-/m1/s1. The van der Waals surface area contributed by atoms with Gasteiger partial charge >= 0.3 is 0 Å². The van der Waals surface area contributed by atoms with E-state index < -0.39 is 6.04 Å². The first-order valence-electron chi connectivity index (χ1n) is 9.20. The summed E-state index contributed by atoms with van der Waals surface area (Å²) in [6.45, 7) is 0.216. The Labute approximate surface area is 165 Å². The Balaban J connectivity index is 1.75. The van der Waals surface area contributed by atoms with Gasteiger partial charge in [-0.1, -0.05) is 24.3 Å². The van der Waals surface area contributed by atoms with Gasteiger partial charge in [0, 0.05) is 0 Å². The van der Waals surface area contributed by atoms with Gasteiger partial charge in [-0.05, 0) is 42.0 Å². The topological polar surface area (TPSA) is 72.9 Å². The van der Waals surface area contributed by atoms with Gasteiger partial charge in [0.05, 0.1) is 36.9 Å². The molecule has 1 aliphatic heterocycles. The van der Waals surface area contributed by atoms with E-state index in [0.717, 1.165) is 5.56 Å². The van der Waals surface area contributed by atoms with Gasteiger partial charge in [0.25, 0.3) is 5.91 Å². The minimum atomic E-state index is -0.599. The van der Waals surface area contributed by atoms with Crippen molar-refractivity contribution in [2.75, 3.05) is 7.11 Å². The van der Waals surface area contributed by atoms with Crippen molar-refractivity contribution in [3.8, 4) is 5.75 Å². The second kappa shape index (κ2) is 6.67. The SMILES string of the molecule is COc1cccc([C@@H]2c3c(oc4ccccc4c3=O)C(=O)N2Cc2ccco2)c1. The number of nitrogens with zero attached hydrogens (tertiary/aromatic N) is 1. The third-order valence-corrected chi connectivity index (χ3v) is 5.19. The average molecular weight is 387 g/mol. The van der Waals surface area contributed by atoms with E-state index in [1.807, 2.05) is 24.3 Å². The van der Waals surface area contributed by atoms with E-state index in [-0.39, 0.29) is 23.6 Å². The zero-order chi connectivity index (χ0) is 20.0. The second-order valence-corrected chi connectivity index (χ2v) is 6.86. The molecule has 5 rings (SSSR count). The molecule has 6 heteroatoms. The lowest BCUT2D eigenvalue weighted by Crippen LogP contribution is -2.29. The number of benzene rings is 2. The van der Waals surface area contributed by atoms with Crippen molar-refractivity contribution in [3.63, 3.8) is 0 Å². The van der Waals surface area contributed by atoms with Crippen molar-refractivity contribution < 1.29 is 18.4 Å². The van der Waals surface area contributed by atoms with Crippen LogP contribution in [0.1, 0.15) is 33.5 Å². The van der Waals surface area contributed by atoms with Gasteiger partial charge in [0.2, 0.25) is 5.76 Å². The Morgan fingerprint density at radius 1 is 1.03 bits per heavy atom. The zero-order valence-electron chi connectivity index (χ0n) is 15.6.